The minimum Gasteiger partial charge on any atom is -0.325 e. The number of nitrogens with zero attached hydrogens (tertiary/aromatic N) is 3. The molecular formula is C21H27ClN4O2S. The Hall–Kier alpha value is -1.83. The number of hydrogen-bond donors (Lipinski definition) is 1. The number of hydrogen-bond acceptors (Lipinski definition) is 5. The van der Waals surface area contributed by atoms with Crippen LogP contribution in [0.25, 0.3) is 0 Å². The van der Waals surface area contributed by atoms with Crippen molar-refractivity contribution in [2.75, 3.05) is 31.7 Å². The van der Waals surface area contributed by atoms with Gasteiger partial charge in [0.2, 0.25) is 5.91 Å². The van der Waals surface area contributed by atoms with Gasteiger partial charge in [-0.1, -0.05) is 29.4 Å². The summed E-state index contributed by atoms with van der Waals surface area (Å²) >= 11 is 7.45. The van der Waals surface area contributed by atoms with E-state index in [1.54, 1.807) is 6.07 Å². The quantitative estimate of drug-likeness (QED) is 0.509. The number of amides is 1. The SMILES string of the molecule is Cc1ccc(NC(=O)CSc2nc(=O)n(CCCN(C)C)c3c2CCC3)cc1Cl. The van der Waals surface area contributed by atoms with Gasteiger partial charge in [0.15, 0.2) is 0 Å². The van der Waals surface area contributed by atoms with Gasteiger partial charge in [-0.3, -0.25) is 9.36 Å². The lowest BCUT2D eigenvalue weighted by atomic mass is 10.2. The molecule has 1 aliphatic carbocycles. The smallest absolute Gasteiger partial charge is 0.325 e. The Morgan fingerprint density at radius 3 is 2.86 bits per heavy atom. The van der Waals surface area contributed by atoms with Crippen LogP contribution in [0.2, 0.25) is 5.02 Å². The number of carbonyl (C=O) groups excluding carboxylic acids is 1. The number of thioether (sulfide) groups is 1. The standard InChI is InChI=1S/C21H27ClN4O2S/c1-14-8-9-15(12-17(14)22)23-19(27)13-29-20-16-6-4-7-18(16)26(21(28)24-20)11-5-10-25(2)3/h8-9,12H,4-7,10-11,13H2,1-3H3,(H,23,27). The van der Waals surface area contributed by atoms with Gasteiger partial charge in [-0.15, -0.1) is 0 Å². The Morgan fingerprint density at radius 1 is 1.34 bits per heavy atom. The van der Waals surface area contributed by atoms with E-state index in [0.717, 1.165) is 49.0 Å². The number of anilines is 1. The van der Waals surface area contributed by atoms with E-state index in [1.165, 1.54) is 11.8 Å². The molecule has 3 rings (SSSR count). The van der Waals surface area contributed by atoms with E-state index in [1.807, 2.05) is 37.7 Å². The molecule has 0 aliphatic heterocycles. The average molecular weight is 435 g/mol. The van der Waals surface area contributed by atoms with Crippen LogP contribution in [-0.2, 0) is 24.2 Å². The van der Waals surface area contributed by atoms with E-state index in [0.29, 0.717) is 22.3 Å². The number of carbonyl (C=O) groups is 1. The highest BCUT2D eigenvalue weighted by molar-refractivity contribution is 8.00. The number of nitrogens with one attached hydrogen (secondary N) is 1. The molecule has 1 aromatic heterocycles. The Balaban J connectivity index is 1.67. The molecule has 1 N–H and O–H groups in total. The first-order valence-corrected chi connectivity index (χ1v) is 11.2. The number of aryl methyl sites for hydroxylation is 1. The van der Waals surface area contributed by atoms with Gasteiger partial charge in [-0.2, -0.15) is 4.98 Å². The van der Waals surface area contributed by atoms with Crippen molar-refractivity contribution in [3.8, 4) is 0 Å². The summed E-state index contributed by atoms with van der Waals surface area (Å²) in [7, 11) is 4.06. The number of aromatic nitrogens is 2. The van der Waals surface area contributed by atoms with E-state index in [9.17, 15) is 9.59 Å². The lowest BCUT2D eigenvalue weighted by Gasteiger charge is -2.15. The van der Waals surface area contributed by atoms with Crippen LogP contribution >= 0.6 is 23.4 Å². The summed E-state index contributed by atoms with van der Waals surface area (Å²) in [4.78, 5) is 31.4. The summed E-state index contributed by atoms with van der Waals surface area (Å²) in [5, 5.41) is 4.17. The van der Waals surface area contributed by atoms with Crippen molar-refractivity contribution < 1.29 is 4.79 Å². The minimum atomic E-state index is -0.211. The highest BCUT2D eigenvalue weighted by atomic mass is 35.5. The molecule has 0 fully saturated rings. The Kier molecular flexibility index (Phi) is 7.38. The summed E-state index contributed by atoms with van der Waals surface area (Å²) < 4.78 is 1.82. The van der Waals surface area contributed by atoms with E-state index in [4.69, 9.17) is 11.6 Å². The number of halogens is 1. The lowest BCUT2D eigenvalue weighted by molar-refractivity contribution is -0.113. The van der Waals surface area contributed by atoms with E-state index >= 15 is 0 Å². The minimum absolute atomic E-state index is 0.140. The number of fused-ring (bicyclic) bond motifs is 1. The third-order valence-corrected chi connectivity index (χ3v) is 6.41. The predicted octanol–water partition coefficient (Wildman–Crippen LogP) is 3.38. The van der Waals surface area contributed by atoms with Gasteiger partial charge in [0.05, 0.1) is 5.75 Å². The fourth-order valence-corrected chi connectivity index (χ4v) is 4.54. The zero-order valence-corrected chi connectivity index (χ0v) is 18.7. The maximum absolute atomic E-state index is 12.6. The van der Waals surface area contributed by atoms with Gasteiger partial charge in [-0.05, 0) is 70.9 Å². The van der Waals surface area contributed by atoms with Crippen LogP contribution in [-0.4, -0.2) is 46.8 Å². The van der Waals surface area contributed by atoms with Gasteiger partial charge in [-0.25, -0.2) is 4.79 Å². The molecule has 0 spiro atoms. The molecule has 1 heterocycles. The Labute approximate surface area is 180 Å². The van der Waals surface area contributed by atoms with Crippen molar-refractivity contribution in [3.05, 3.63) is 50.5 Å². The fraction of sp³-hybridized carbons (Fsp3) is 0.476. The molecule has 0 bridgehead atoms. The highest BCUT2D eigenvalue weighted by Gasteiger charge is 2.22. The van der Waals surface area contributed by atoms with Crippen LogP contribution < -0.4 is 11.0 Å². The third kappa shape index (κ3) is 5.62. The third-order valence-electron chi connectivity index (χ3n) is 4.98. The van der Waals surface area contributed by atoms with Gasteiger partial charge >= 0.3 is 5.69 Å². The van der Waals surface area contributed by atoms with Crippen LogP contribution in [0.3, 0.4) is 0 Å². The summed E-state index contributed by atoms with van der Waals surface area (Å²) in [5.41, 5.74) is 3.64. The molecule has 156 valence electrons. The summed E-state index contributed by atoms with van der Waals surface area (Å²) in [6.07, 6.45) is 3.75. The van der Waals surface area contributed by atoms with Crippen LogP contribution in [0.15, 0.2) is 28.0 Å². The van der Waals surface area contributed by atoms with Crippen LogP contribution in [0, 0.1) is 6.92 Å². The lowest BCUT2D eigenvalue weighted by Crippen LogP contribution is -2.29. The van der Waals surface area contributed by atoms with Crippen molar-refractivity contribution in [1.29, 1.82) is 0 Å². The normalized spacial score (nSPS) is 13.0. The molecule has 0 atom stereocenters. The van der Waals surface area contributed by atoms with Gasteiger partial charge in [0.25, 0.3) is 0 Å². The largest absolute Gasteiger partial charge is 0.348 e. The van der Waals surface area contributed by atoms with Crippen molar-refractivity contribution in [2.24, 2.45) is 0 Å². The first-order valence-electron chi connectivity index (χ1n) is 9.81. The van der Waals surface area contributed by atoms with Crippen LogP contribution in [0.4, 0.5) is 5.69 Å². The number of rotatable bonds is 8. The molecule has 29 heavy (non-hydrogen) atoms. The van der Waals surface area contributed by atoms with Crippen molar-refractivity contribution in [1.82, 2.24) is 14.5 Å². The molecule has 0 radical (unpaired) electrons. The molecule has 6 nitrogen and oxygen atoms in total. The van der Waals surface area contributed by atoms with Crippen LogP contribution in [0.5, 0.6) is 0 Å². The number of benzene rings is 1. The molecule has 1 amide bonds. The molecule has 0 unspecified atom stereocenters. The Bertz CT molecular complexity index is 958. The topological polar surface area (TPSA) is 67.2 Å². The van der Waals surface area contributed by atoms with E-state index in [2.05, 4.69) is 15.2 Å². The molecule has 1 aliphatic rings. The second-order valence-electron chi connectivity index (χ2n) is 7.59. The van der Waals surface area contributed by atoms with Gasteiger partial charge in [0, 0.05) is 28.5 Å². The molecule has 8 heteroatoms. The maximum Gasteiger partial charge on any atom is 0.348 e. The second-order valence-corrected chi connectivity index (χ2v) is 8.96. The summed E-state index contributed by atoms with van der Waals surface area (Å²) in [6, 6.07) is 5.44. The van der Waals surface area contributed by atoms with Gasteiger partial charge in [0.1, 0.15) is 5.03 Å². The summed E-state index contributed by atoms with van der Waals surface area (Å²) in [6.45, 7) is 3.53. The van der Waals surface area contributed by atoms with Crippen molar-refractivity contribution in [2.45, 2.75) is 44.2 Å². The van der Waals surface area contributed by atoms with Crippen LogP contribution in [0.1, 0.15) is 29.7 Å². The van der Waals surface area contributed by atoms with E-state index < -0.39 is 0 Å². The molecule has 2 aromatic rings. The molecule has 0 saturated carbocycles. The van der Waals surface area contributed by atoms with Gasteiger partial charge < -0.3 is 10.2 Å². The molecular weight excluding hydrogens is 408 g/mol. The maximum atomic E-state index is 12.6. The zero-order valence-electron chi connectivity index (χ0n) is 17.1. The average Bonchev–Trinajstić information content (AvgIpc) is 3.14. The molecule has 0 saturated heterocycles. The second kappa shape index (κ2) is 9.78. The first-order chi connectivity index (χ1) is 13.8. The van der Waals surface area contributed by atoms with E-state index in [-0.39, 0.29) is 17.3 Å². The zero-order chi connectivity index (χ0) is 21.0. The monoisotopic (exact) mass is 434 g/mol. The molecule has 1 aromatic carbocycles. The fourth-order valence-electron chi connectivity index (χ4n) is 3.48. The summed E-state index contributed by atoms with van der Waals surface area (Å²) in [5.74, 6) is 0.0632. The Morgan fingerprint density at radius 2 is 2.14 bits per heavy atom. The van der Waals surface area contributed by atoms with Crippen molar-refractivity contribution >= 4 is 35.0 Å². The first kappa shape index (κ1) is 21.9. The predicted molar refractivity (Wildman–Crippen MR) is 119 cm³/mol. The van der Waals surface area contributed by atoms with Crippen molar-refractivity contribution in [3.63, 3.8) is 0 Å². The highest BCUT2D eigenvalue weighted by Crippen LogP contribution is 2.29.